The molecule has 1 aromatic carbocycles. The molecule has 0 radical (unpaired) electrons. The van der Waals surface area contributed by atoms with Gasteiger partial charge in [-0.1, -0.05) is 0 Å². The van der Waals surface area contributed by atoms with Gasteiger partial charge >= 0.3 is 0 Å². The van der Waals surface area contributed by atoms with E-state index in [9.17, 15) is 34.8 Å². The molecule has 1 aliphatic heterocycles. The lowest BCUT2D eigenvalue weighted by molar-refractivity contribution is -0.147. The molecule has 1 aromatic rings. The number of nitrogens with zero attached hydrogens (tertiary/aromatic N) is 1. The molecular weight excluding hydrogens is 480 g/mol. The van der Waals surface area contributed by atoms with Gasteiger partial charge < -0.3 is 42.1 Å². The first-order valence-corrected chi connectivity index (χ1v) is 12.5. The molecule has 198 valence electrons. The number of amides is 1. The van der Waals surface area contributed by atoms with Gasteiger partial charge in [0, 0.05) is 41.7 Å². The summed E-state index contributed by atoms with van der Waals surface area (Å²) in [5, 5.41) is 47.8. The van der Waals surface area contributed by atoms with E-state index >= 15 is 0 Å². The summed E-state index contributed by atoms with van der Waals surface area (Å²) in [5.74, 6) is -6.46. The minimum absolute atomic E-state index is 0.0207. The van der Waals surface area contributed by atoms with E-state index in [1.807, 2.05) is 0 Å². The molecular formula is C26H32N4O7. The monoisotopic (exact) mass is 512 g/mol. The fraction of sp³-hybridized carbons (Fsp3) is 0.500. The highest BCUT2D eigenvalue weighted by molar-refractivity contribution is 6.22. The molecule has 1 saturated heterocycles. The predicted octanol–water partition coefficient (Wildman–Crippen LogP) is 0.190. The van der Waals surface area contributed by atoms with Crippen molar-refractivity contribution in [3.8, 4) is 5.75 Å². The van der Waals surface area contributed by atoms with E-state index < -0.39 is 52.0 Å². The van der Waals surface area contributed by atoms with Crippen molar-refractivity contribution >= 4 is 28.9 Å². The number of Topliss-reactive ketones (excluding diaryl/α,β-unsaturated/α-hetero) is 2. The van der Waals surface area contributed by atoms with Crippen LogP contribution in [0.2, 0.25) is 0 Å². The number of nitrogens with two attached hydrogens (primary N) is 2. The van der Waals surface area contributed by atoms with Gasteiger partial charge in [-0.25, -0.2) is 0 Å². The molecule has 3 aliphatic carbocycles. The minimum Gasteiger partial charge on any atom is -0.508 e. The molecule has 4 aliphatic rings. The first-order chi connectivity index (χ1) is 17.4. The molecule has 11 heteroatoms. The maximum atomic E-state index is 13.6. The summed E-state index contributed by atoms with van der Waals surface area (Å²) < 4.78 is 0. The van der Waals surface area contributed by atoms with Gasteiger partial charge in [-0.2, -0.15) is 0 Å². The van der Waals surface area contributed by atoms with Crippen LogP contribution in [0.3, 0.4) is 0 Å². The van der Waals surface area contributed by atoms with E-state index in [0.717, 1.165) is 25.9 Å². The molecule has 1 saturated carbocycles. The topological polar surface area (TPSA) is 199 Å². The third-order valence-corrected chi connectivity index (χ3v) is 8.48. The Morgan fingerprint density at radius 3 is 2.51 bits per heavy atom. The van der Waals surface area contributed by atoms with Crippen LogP contribution in [-0.4, -0.2) is 74.6 Å². The summed E-state index contributed by atoms with van der Waals surface area (Å²) in [4.78, 5) is 40.1. The molecule has 3 atom stereocenters. The largest absolute Gasteiger partial charge is 0.508 e. The van der Waals surface area contributed by atoms with E-state index in [2.05, 4.69) is 17.3 Å². The van der Waals surface area contributed by atoms with Gasteiger partial charge in [-0.05, 0) is 63.4 Å². The van der Waals surface area contributed by atoms with E-state index in [-0.39, 0.29) is 42.2 Å². The normalized spacial score (nSPS) is 28.7. The molecule has 0 spiro atoms. The number of carbonyl (C=O) groups is 3. The predicted molar refractivity (Wildman–Crippen MR) is 133 cm³/mol. The SMILES string of the molecule is CN1CCC(NCc2cc(N)c3c(c2O)C(O)=C2C(=O)[C@]4(O)C(O)=C(C(N)=O)C(=O)C[C@@H]4CC2C3)CC1. The van der Waals surface area contributed by atoms with E-state index in [4.69, 9.17) is 11.5 Å². The Morgan fingerprint density at radius 1 is 1.19 bits per heavy atom. The highest BCUT2D eigenvalue weighted by Gasteiger charge is 2.60. The number of piperidine rings is 1. The second kappa shape index (κ2) is 8.86. The first-order valence-electron chi connectivity index (χ1n) is 12.5. The fourth-order valence-corrected chi connectivity index (χ4v) is 6.38. The number of carbonyl (C=O) groups excluding carboxylic acids is 3. The molecule has 2 fully saturated rings. The Bertz CT molecular complexity index is 1280. The quantitative estimate of drug-likeness (QED) is 0.166. The van der Waals surface area contributed by atoms with Crippen molar-refractivity contribution in [1.82, 2.24) is 10.2 Å². The Labute approximate surface area is 213 Å². The lowest BCUT2D eigenvalue weighted by Gasteiger charge is -2.46. The van der Waals surface area contributed by atoms with E-state index in [0.29, 0.717) is 23.4 Å². The van der Waals surface area contributed by atoms with Gasteiger partial charge in [0.25, 0.3) is 5.91 Å². The van der Waals surface area contributed by atoms with Gasteiger partial charge in [0.05, 0.1) is 5.56 Å². The van der Waals surface area contributed by atoms with Crippen LogP contribution in [0, 0.1) is 11.8 Å². The molecule has 0 bridgehead atoms. The molecule has 9 N–H and O–H groups in total. The van der Waals surface area contributed by atoms with Crippen LogP contribution in [0.1, 0.15) is 42.4 Å². The molecule has 11 nitrogen and oxygen atoms in total. The number of benzene rings is 1. The van der Waals surface area contributed by atoms with E-state index in [1.54, 1.807) is 6.07 Å². The number of likely N-dealkylation sites (tertiary alicyclic amines) is 1. The van der Waals surface area contributed by atoms with E-state index in [1.165, 1.54) is 0 Å². The summed E-state index contributed by atoms with van der Waals surface area (Å²) in [7, 11) is 2.07. The standard InChI is InChI=1S/C26H32N4O7/c1-30-4-2-14(3-5-30)29-10-12-8-16(27)15-7-11-6-13-9-17(31)20(25(28)36)24(35)26(13,37)23(34)18(11)22(33)19(15)21(12)32/h8,11,13-14,29,32-33,35,37H,2-7,9-10,27H2,1H3,(H2,28,36)/t11?,13-,26-/m0/s1. The van der Waals surface area contributed by atoms with Gasteiger partial charge in [0.15, 0.2) is 11.4 Å². The second-order valence-corrected chi connectivity index (χ2v) is 10.7. The van der Waals surface area contributed by atoms with Crippen molar-refractivity contribution in [1.29, 1.82) is 0 Å². The number of nitrogens with one attached hydrogen (secondary N) is 1. The summed E-state index contributed by atoms with van der Waals surface area (Å²) in [5.41, 5.74) is 9.31. The van der Waals surface area contributed by atoms with Crippen LogP contribution in [-0.2, 0) is 27.3 Å². The lowest BCUT2D eigenvalue weighted by Crippen LogP contribution is -2.58. The number of primary amides is 1. The highest BCUT2D eigenvalue weighted by atomic mass is 16.3. The summed E-state index contributed by atoms with van der Waals surface area (Å²) in [6.07, 6.45) is 1.81. The number of hydrogen-bond acceptors (Lipinski definition) is 10. The average molecular weight is 513 g/mol. The first kappa shape index (κ1) is 25.2. The second-order valence-electron chi connectivity index (χ2n) is 10.7. The third-order valence-electron chi connectivity index (χ3n) is 8.48. The van der Waals surface area contributed by atoms with Crippen LogP contribution < -0.4 is 16.8 Å². The number of aliphatic hydroxyl groups excluding tert-OH is 2. The Balaban J connectivity index is 1.53. The summed E-state index contributed by atoms with van der Waals surface area (Å²) in [6.45, 7) is 2.22. The summed E-state index contributed by atoms with van der Waals surface area (Å²) in [6, 6.07) is 1.92. The van der Waals surface area contributed by atoms with Crippen LogP contribution in [0.5, 0.6) is 5.75 Å². The molecule has 1 unspecified atom stereocenters. The van der Waals surface area contributed by atoms with Gasteiger partial charge in [0.2, 0.25) is 5.78 Å². The van der Waals surface area contributed by atoms with Crippen molar-refractivity contribution in [2.45, 2.75) is 50.3 Å². The van der Waals surface area contributed by atoms with Crippen LogP contribution >= 0.6 is 0 Å². The number of anilines is 1. The molecule has 1 heterocycles. The van der Waals surface area contributed by atoms with Gasteiger partial charge in [-0.15, -0.1) is 0 Å². The molecule has 5 rings (SSSR count). The number of rotatable bonds is 4. The van der Waals surface area contributed by atoms with Crippen molar-refractivity contribution in [2.24, 2.45) is 17.6 Å². The number of hydrogen-bond donors (Lipinski definition) is 7. The minimum atomic E-state index is -2.58. The Morgan fingerprint density at radius 2 is 1.86 bits per heavy atom. The number of aromatic hydroxyl groups is 1. The number of aliphatic hydroxyl groups is 3. The van der Waals surface area contributed by atoms with Crippen molar-refractivity contribution < 1.29 is 34.8 Å². The summed E-state index contributed by atoms with van der Waals surface area (Å²) >= 11 is 0. The number of fused-ring (bicyclic) bond motifs is 3. The zero-order valence-corrected chi connectivity index (χ0v) is 20.6. The number of nitrogen functional groups attached to an aromatic ring is 1. The Hall–Kier alpha value is -3.41. The number of phenols is 1. The fourth-order valence-electron chi connectivity index (χ4n) is 6.38. The van der Waals surface area contributed by atoms with Crippen molar-refractivity contribution in [3.63, 3.8) is 0 Å². The number of ketones is 2. The van der Waals surface area contributed by atoms with Crippen LogP contribution in [0.15, 0.2) is 23.0 Å². The third kappa shape index (κ3) is 3.80. The number of phenolic OH excluding ortho intramolecular Hbond substituents is 1. The molecule has 0 aromatic heterocycles. The van der Waals surface area contributed by atoms with Crippen LogP contribution in [0.4, 0.5) is 5.69 Å². The lowest BCUT2D eigenvalue weighted by atomic mass is 9.59. The zero-order valence-electron chi connectivity index (χ0n) is 20.6. The molecule has 1 amide bonds. The van der Waals surface area contributed by atoms with Crippen molar-refractivity contribution in [3.05, 3.63) is 39.7 Å². The van der Waals surface area contributed by atoms with Gasteiger partial charge in [0.1, 0.15) is 22.8 Å². The van der Waals surface area contributed by atoms with Crippen LogP contribution in [0.25, 0.3) is 5.76 Å². The average Bonchev–Trinajstić information content (AvgIpc) is 2.83. The maximum absolute atomic E-state index is 13.6. The maximum Gasteiger partial charge on any atom is 0.255 e. The molecule has 37 heavy (non-hydrogen) atoms. The zero-order chi connectivity index (χ0) is 26.8. The van der Waals surface area contributed by atoms with Gasteiger partial charge in [-0.3, -0.25) is 14.4 Å². The van der Waals surface area contributed by atoms with Crippen molar-refractivity contribution in [2.75, 3.05) is 25.9 Å². The Kier molecular flexibility index (Phi) is 6.05. The smallest absolute Gasteiger partial charge is 0.255 e. The highest BCUT2D eigenvalue weighted by Crippen LogP contribution is 2.53.